The van der Waals surface area contributed by atoms with E-state index in [2.05, 4.69) is 6.92 Å². The largest absolute Gasteiger partial charge is 0.396 e. The SMILES string of the molecule is C[C@H](CCO)C1CC1. The zero-order valence-corrected chi connectivity index (χ0v) is 5.43. The van der Waals surface area contributed by atoms with Gasteiger partial charge < -0.3 is 5.11 Å². The minimum atomic E-state index is 0.373. The molecule has 0 aliphatic heterocycles. The number of aliphatic hydroxyl groups excluding tert-OH is 1. The van der Waals surface area contributed by atoms with E-state index in [4.69, 9.17) is 5.11 Å². The van der Waals surface area contributed by atoms with E-state index >= 15 is 0 Å². The maximum Gasteiger partial charge on any atom is 0.0433 e. The summed E-state index contributed by atoms with van der Waals surface area (Å²) in [6.45, 7) is 2.60. The highest BCUT2D eigenvalue weighted by atomic mass is 16.3. The van der Waals surface area contributed by atoms with Crippen LogP contribution in [-0.2, 0) is 0 Å². The van der Waals surface area contributed by atoms with Crippen molar-refractivity contribution in [2.24, 2.45) is 11.8 Å². The van der Waals surface area contributed by atoms with Gasteiger partial charge >= 0.3 is 0 Å². The van der Waals surface area contributed by atoms with E-state index in [-0.39, 0.29) is 0 Å². The molecule has 1 N–H and O–H groups in total. The smallest absolute Gasteiger partial charge is 0.0433 e. The lowest BCUT2D eigenvalue weighted by Crippen LogP contribution is -1.98. The standard InChI is InChI=1S/C7H14O/c1-6(4-5-8)7-2-3-7/h6-8H,2-5H2,1H3/t6-/m1/s1. The Balaban J connectivity index is 2.03. The number of aliphatic hydroxyl groups is 1. The van der Waals surface area contributed by atoms with Crippen LogP contribution in [0.1, 0.15) is 26.2 Å². The first kappa shape index (κ1) is 6.09. The highest BCUT2D eigenvalue weighted by molar-refractivity contribution is 4.77. The fourth-order valence-electron chi connectivity index (χ4n) is 1.10. The molecule has 1 aliphatic rings. The van der Waals surface area contributed by atoms with Crippen LogP contribution in [0.2, 0.25) is 0 Å². The molecule has 1 nitrogen and oxygen atoms in total. The van der Waals surface area contributed by atoms with Gasteiger partial charge in [0.1, 0.15) is 0 Å². The third-order valence-electron chi connectivity index (χ3n) is 2.01. The van der Waals surface area contributed by atoms with E-state index in [1.165, 1.54) is 12.8 Å². The molecule has 0 heterocycles. The Hall–Kier alpha value is -0.0400. The van der Waals surface area contributed by atoms with E-state index in [1.54, 1.807) is 0 Å². The number of rotatable bonds is 3. The minimum absolute atomic E-state index is 0.373. The summed E-state index contributed by atoms with van der Waals surface area (Å²) in [4.78, 5) is 0. The molecular weight excluding hydrogens is 100 g/mol. The van der Waals surface area contributed by atoms with Crippen LogP contribution in [0.3, 0.4) is 0 Å². The van der Waals surface area contributed by atoms with Gasteiger partial charge in [0, 0.05) is 6.61 Å². The lowest BCUT2D eigenvalue weighted by Gasteiger charge is -2.04. The fraction of sp³-hybridized carbons (Fsp3) is 1.00. The first-order valence-electron chi connectivity index (χ1n) is 3.45. The van der Waals surface area contributed by atoms with Crippen molar-refractivity contribution in [2.45, 2.75) is 26.2 Å². The lowest BCUT2D eigenvalue weighted by molar-refractivity contribution is 0.254. The number of hydrogen-bond donors (Lipinski definition) is 1. The Labute approximate surface area is 50.7 Å². The molecule has 8 heavy (non-hydrogen) atoms. The topological polar surface area (TPSA) is 20.2 Å². The molecule has 0 saturated heterocycles. The van der Waals surface area contributed by atoms with E-state index in [0.717, 1.165) is 18.3 Å². The van der Waals surface area contributed by atoms with Crippen molar-refractivity contribution in [3.8, 4) is 0 Å². The first-order valence-corrected chi connectivity index (χ1v) is 3.45. The van der Waals surface area contributed by atoms with Gasteiger partial charge in [0.05, 0.1) is 0 Å². The van der Waals surface area contributed by atoms with Crippen LogP contribution >= 0.6 is 0 Å². The van der Waals surface area contributed by atoms with Crippen molar-refractivity contribution in [1.82, 2.24) is 0 Å². The molecule has 1 heteroatoms. The Morgan fingerprint density at radius 2 is 2.25 bits per heavy atom. The Kier molecular flexibility index (Phi) is 1.90. The van der Waals surface area contributed by atoms with E-state index in [1.807, 2.05) is 0 Å². The average molecular weight is 114 g/mol. The fourth-order valence-corrected chi connectivity index (χ4v) is 1.10. The summed E-state index contributed by atoms with van der Waals surface area (Å²) in [5, 5.41) is 8.51. The summed E-state index contributed by atoms with van der Waals surface area (Å²) < 4.78 is 0. The van der Waals surface area contributed by atoms with Gasteiger partial charge in [0.15, 0.2) is 0 Å². The van der Waals surface area contributed by atoms with Gasteiger partial charge in [-0.25, -0.2) is 0 Å². The molecule has 1 fully saturated rings. The summed E-state index contributed by atoms with van der Waals surface area (Å²) in [5.41, 5.74) is 0. The van der Waals surface area contributed by atoms with Gasteiger partial charge in [0.25, 0.3) is 0 Å². The highest BCUT2D eigenvalue weighted by Crippen LogP contribution is 2.37. The van der Waals surface area contributed by atoms with Crippen LogP contribution in [0.25, 0.3) is 0 Å². The molecule has 1 saturated carbocycles. The Morgan fingerprint density at radius 1 is 1.62 bits per heavy atom. The van der Waals surface area contributed by atoms with E-state index < -0.39 is 0 Å². The van der Waals surface area contributed by atoms with Crippen molar-refractivity contribution >= 4 is 0 Å². The molecule has 1 atom stereocenters. The summed E-state index contributed by atoms with van der Waals surface area (Å²) in [5.74, 6) is 1.74. The molecule has 0 aromatic carbocycles. The van der Waals surface area contributed by atoms with Crippen molar-refractivity contribution in [3.63, 3.8) is 0 Å². The molecule has 0 radical (unpaired) electrons. The molecular formula is C7H14O. The van der Waals surface area contributed by atoms with Gasteiger partial charge in [-0.1, -0.05) is 6.92 Å². The van der Waals surface area contributed by atoms with Gasteiger partial charge in [-0.3, -0.25) is 0 Å². The Morgan fingerprint density at radius 3 is 2.62 bits per heavy atom. The van der Waals surface area contributed by atoms with Crippen LogP contribution in [0.4, 0.5) is 0 Å². The van der Waals surface area contributed by atoms with Crippen LogP contribution in [-0.4, -0.2) is 11.7 Å². The van der Waals surface area contributed by atoms with Gasteiger partial charge in [-0.2, -0.15) is 0 Å². The third kappa shape index (κ3) is 1.48. The van der Waals surface area contributed by atoms with Crippen LogP contribution in [0.5, 0.6) is 0 Å². The summed E-state index contributed by atoms with van der Waals surface area (Å²) in [6.07, 6.45) is 3.81. The van der Waals surface area contributed by atoms with Crippen molar-refractivity contribution in [1.29, 1.82) is 0 Å². The maximum absolute atomic E-state index is 8.51. The second kappa shape index (κ2) is 2.49. The molecule has 0 spiro atoms. The molecule has 1 aliphatic carbocycles. The Bertz CT molecular complexity index is 66.8. The summed E-state index contributed by atoms with van der Waals surface area (Å²) >= 11 is 0. The zero-order chi connectivity index (χ0) is 5.98. The zero-order valence-electron chi connectivity index (χ0n) is 5.43. The second-order valence-electron chi connectivity index (χ2n) is 2.83. The molecule has 48 valence electrons. The average Bonchev–Trinajstić information content (AvgIpc) is 2.45. The van der Waals surface area contributed by atoms with Crippen LogP contribution < -0.4 is 0 Å². The second-order valence-corrected chi connectivity index (χ2v) is 2.83. The van der Waals surface area contributed by atoms with Gasteiger partial charge in [-0.05, 0) is 31.1 Å². The quantitative estimate of drug-likeness (QED) is 0.588. The minimum Gasteiger partial charge on any atom is -0.396 e. The predicted molar refractivity (Wildman–Crippen MR) is 33.6 cm³/mol. The number of hydrogen-bond acceptors (Lipinski definition) is 1. The summed E-state index contributed by atoms with van der Waals surface area (Å²) in [6, 6.07) is 0. The molecule has 0 amide bonds. The first-order chi connectivity index (χ1) is 3.84. The molecule has 0 aromatic rings. The third-order valence-corrected chi connectivity index (χ3v) is 2.01. The highest BCUT2D eigenvalue weighted by Gasteiger charge is 2.26. The predicted octanol–water partition coefficient (Wildman–Crippen LogP) is 1.41. The maximum atomic E-state index is 8.51. The molecule has 1 rings (SSSR count). The van der Waals surface area contributed by atoms with Crippen LogP contribution in [0, 0.1) is 11.8 Å². The molecule has 0 bridgehead atoms. The summed E-state index contributed by atoms with van der Waals surface area (Å²) in [7, 11) is 0. The van der Waals surface area contributed by atoms with Crippen molar-refractivity contribution < 1.29 is 5.11 Å². The van der Waals surface area contributed by atoms with E-state index in [0.29, 0.717) is 6.61 Å². The lowest BCUT2D eigenvalue weighted by atomic mass is 10.0. The monoisotopic (exact) mass is 114 g/mol. The van der Waals surface area contributed by atoms with Gasteiger partial charge in [0.2, 0.25) is 0 Å². The molecule has 0 aromatic heterocycles. The molecule has 0 unspecified atom stereocenters. The van der Waals surface area contributed by atoms with Crippen LogP contribution in [0.15, 0.2) is 0 Å². The van der Waals surface area contributed by atoms with E-state index in [9.17, 15) is 0 Å². The normalized spacial score (nSPS) is 23.2. The van der Waals surface area contributed by atoms with Crippen molar-refractivity contribution in [3.05, 3.63) is 0 Å². The van der Waals surface area contributed by atoms with Crippen molar-refractivity contribution in [2.75, 3.05) is 6.61 Å². The van der Waals surface area contributed by atoms with Gasteiger partial charge in [-0.15, -0.1) is 0 Å².